The molecule has 0 spiro atoms. The van der Waals surface area contributed by atoms with Crippen molar-refractivity contribution in [3.8, 4) is 11.5 Å². The van der Waals surface area contributed by atoms with Crippen molar-refractivity contribution >= 4 is 29.2 Å². The lowest BCUT2D eigenvalue weighted by Gasteiger charge is -2.15. The fourth-order valence-electron chi connectivity index (χ4n) is 1.34. The van der Waals surface area contributed by atoms with Crippen molar-refractivity contribution < 1.29 is 19.4 Å². The number of carboxylic acid groups (broad SMARTS) is 1. The Labute approximate surface area is 103 Å². The number of carboxylic acids is 1. The summed E-state index contributed by atoms with van der Waals surface area (Å²) in [6.07, 6.45) is 0. The van der Waals surface area contributed by atoms with Gasteiger partial charge in [-0.15, -0.1) is 0 Å². The van der Waals surface area contributed by atoms with Crippen molar-refractivity contribution in [1.29, 1.82) is 0 Å². The molecular weight excluding hydrogens is 255 g/mol. The first-order chi connectivity index (χ1) is 7.45. The van der Waals surface area contributed by atoms with Gasteiger partial charge in [0, 0.05) is 0 Å². The van der Waals surface area contributed by atoms with Crippen molar-refractivity contribution in [2.75, 3.05) is 14.2 Å². The number of methoxy groups -OCH3 is 2. The molecule has 1 aromatic rings. The Balaban J connectivity index is 3.73. The van der Waals surface area contributed by atoms with Crippen LogP contribution in [0, 0.1) is 6.92 Å². The molecule has 0 saturated heterocycles. The summed E-state index contributed by atoms with van der Waals surface area (Å²) in [4.78, 5) is 11.1. The van der Waals surface area contributed by atoms with Crippen molar-refractivity contribution in [2.24, 2.45) is 0 Å². The van der Waals surface area contributed by atoms with E-state index in [-0.39, 0.29) is 27.1 Å². The van der Waals surface area contributed by atoms with Crippen molar-refractivity contribution in [1.82, 2.24) is 0 Å². The number of carbonyl (C=O) groups is 1. The van der Waals surface area contributed by atoms with Crippen LogP contribution in [0.4, 0.5) is 0 Å². The van der Waals surface area contributed by atoms with E-state index in [1.54, 1.807) is 6.92 Å². The van der Waals surface area contributed by atoms with Crippen LogP contribution >= 0.6 is 23.2 Å². The van der Waals surface area contributed by atoms with Crippen molar-refractivity contribution in [3.63, 3.8) is 0 Å². The molecular formula is C10H10Cl2O4. The molecule has 1 rings (SSSR count). The van der Waals surface area contributed by atoms with Gasteiger partial charge in [-0.05, 0) is 12.5 Å². The quantitative estimate of drug-likeness (QED) is 0.912. The van der Waals surface area contributed by atoms with E-state index in [0.29, 0.717) is 5.56 Å². The van der Waals surface area contributed by atoms with Gasteiger partial charge < -0.3 is 14.6 Å². The zero-order chi connectivity index (χ0) is 12.5. The van der Waals surface area contributed by atoms with Gasteiger partial charge in [0.2, 0.25) is 0 Å². The third kappa shape index (κ3) is 1.90. The number of hydrogen-bond donors (Lipinski definition) is 1. The Morgan fingerprint density at radius 3 is 1.75 bits per heavy atom. The van der Waals surface area contributed by atoms with Gasteiger partial charge in [-0.3, -0.25) is 0 Å². The number of halogens is 2. The maximum atomic E-state index is 11.1. The molecule has 0 heterocycles. The standard InChI is InChI=1S/C10H10Cl2O4/c1-4-6(11)8(15-2)5(10(13)14)9(16-3)7(4)12/h1-3H3,(H,13,14). The summed E-state index contributed by atoms with van der Waals surface area (Å²) in [6.45, 7) is 1.65. The Morgan fingerprint density at radius 2 is 1.50 bits per heavy atom. The summed E-state index contributed by atoms with van der Waals surface area (Å²) in [5, 5.41) is 9.42. The number of rotatable bonds is 3. The van der Waals surface area contributed by atoms with E-state index in [9.17, 15) is 4.79 Å². The molecule has 0 amide bonds. The van der Waals surface area contributed by atoms with Crippen LogP contribution in [-0.4, -0.2) is 25.3 Å². The first kappa shape index (κ1) is 12.9. The topological polar surface area (TPSA) is 55.8 Å². The van der Waals surface area contributed by atoms with Gasteiger partial charge in [-0.2, -0.15) is 0 Å². The fourth-order valence-corrected chi connectivity index (χ4v) is 1.92. The molecule has 6 heteroatoms. The molecule has 0 aliphatic heterocycles. The zero-order valence-electron chi connectivity index (χ0n) is 8.93. The second-order valence-corrected chi connectivity index (χ2v) is 3.76. The number of ether oxygens (including phenoxy) is 2. The van der Waals surface area contributed by atoms with E-state index < -0.39 is 5.97 Å². The van der Waals surface area contributed by atoms with Crippen molar-refractivity contribution in [3.05, 3.63) is 21.2 Å². The van der Waals surface area contributed by atoms with Gasteiger partial charge in [0.15, 0.2) is 11.5 Å². The summed E-state index contributed by atoms with van der Waals surface area (Å²) < 4.78 is 9.93. The van der Waals surface area contributed by atoms with Crippen LogP contribution in [0.2, 0.25) is 10.0 Å². The Morgan fingerprint density at radius 1 is 1.12 bits per heavy atom. The van der Waals surface area contributed by atoms with E-state index in [1.807, 2.05) is 0 Å². The van der Waals surface area contributed by atoms with Gasteiger partial charge >= 0.3 is 5.97 Å². The molecule has 0 radical (unpaired) electrons. The maximum absolute atomic E-state index is 11.1. The summed E-state index contributed by atoms with van der Waals surface area (Å²) in [5.74, 6) is -1.11. The molecule has 1 N–H and O–H groups in total. The van der Waals surface area contributed by atoms with Crippen LogP contribution < -0.4 is 9.47 Å². The predicted molar refractivity (Wildman–Crippen MR) is 61.3 cm³/mol. The normalized spacial score (nSPS) is 10.1. The number of aromatic carboxylic acids is 1. The highest BCUT2D eigenvalue weighted by molar-refractivity contribution is 6.38. The lowest BCUT2D eigenvalue weighted by molar-refractivity contribution is 0.0689. The zero-order valence-corrected chi connectivity index (χ0v) is 10.4. The Kier molecular flexibility index (Phi) is 3.88. The van der Waals surface area contributed by atoms with E-state index >= 15 is 0 Å². The lowest BCUT2D eigenvalue weighted by atomic mass is 10.1. The highest BCUT2D eigenvalue weighted by Crippen LogP contribution is 2.44. The van der Waals surface area contributed by atoms with Gasteiger partial charge in [-0.1, -0.05) is 23.2 Å². The fraction of sp³-hybridized carbons (Fsp3) is 0.300. The second-order valence-electron chi connectivity index (χ2n) is 3.00. The monoisotopic (exact) mass is 264 g/mol. The molecule has 0 aromatic heterocycles. The van der Waals surface area contributed by atoms with Crippen molar-refractivity contribution in [2.45, 2.75) is 6.92 Å². The maximum Gasteiger partial charge on any atom is 0.343 e. The molecule has 0 unspecified atom stereocenters. The largest absolute Gasteiger partial charge is 0.494 e. The van der Waals surface area contributed by atoms with Crippen LogP contribution in [-0.2, 0) is 0 Å². The average molecular weight is 265 g/mol. The van der Waals surface area contributed by atoms with E-state index in [1.165, 1.54) is 14.2 Å². The molecule has 88 valence electrons. The Hall–Kier alpha value is -1.13. The van der Waals surface area contributed by atoms with Crippen LogP contribution in [0.15, 0.2) is 0 Å². The third-order valence-corrected chi connectivity index (χ3v) is 3.04. The van der Waals surface area contributed by atoms with Crippen LogP contribution in [0.1, 0.15) is 15.9 Å². The molecule has 0 bridgehead atoms. The molecule has 4 nitrogen and oxygen atoms in total. The second kappa shape index (κ2) is 4.80. The SMILES string of the molecule is COc1c(Cl)c(C)c(Cl)c(OC)c1C(=O)O. The van der Waals surface area contributed by atoms with Crippen LogP contribution in [0.5, 0.6) is 11.5 Å². The van der Waals surface area contributed by atoms with Gasteiger partial charge in [-0.25, -0.2) is 4.79 Å². The molecule has 0 saturated carbocycles. The van der Waals surface area contributed by atoms with E-state index in [0.717, 1.165) is 0 Å². The molecule has 0 aliphatic carbocycles. The minimum atomic E-state index is -1.21. The molecule has 0 atom stereocenters. The summed E-state index contributed by atoms with van der Waals surface area (Å²) >= 11 is 11.9. The predicted octanol–water partition coefficient (Wildman–Crippen LogP) is 3.02. The Bertz CT molecular complexity index is 412. The van der Waals surface area contributed by atoms with Crippen LogP contribution in [0.3, 0.4) is 0 Å². The van der Waals surface area contributed by atoms with Gasteiger partial charge in [0.05, 0.1) is 24.3 Å². The molecule has 1 aromatic carbocycles. The summed E-state index contributed by atoms with van der Waals surface area (Å²) in [5.41, 5.74) is 0.340. The molecule has 0 aliphatic rings. The summed E-state index contributed by atoms with van der Waals surface area (Å²) in [7, 11) is 2.67. The highest BCUT2D eigenvalue weighted by Gasteiger charge is 2.26. The lowest BCUT2D eigenvalue weighted by Crippen LogP contribution is -2.06. The van der Waals surface area contributed by atoms with E-state index in [2.05, 4.69) is 0 Å². The highest BCUT2D eigenvalue weighted by atomic mass is 35.5. The van der Waals surface area contributed by atoms with Crippen LogP contribution in [0.25, 0.3) is 0 Å². The van der Waals surface area contributed by atoms with E-state index in [4.69, 9.17) is 37.8 Å². The first-order valence-corrected chi connectivity index (χ1v) is 5.04. The number of benzene rings is 1. The smallest absolute Gasteiger partial charge is 0.343 e. The molecule has 0 fully saturated rings. The average Bonchev–Trinajstić information content (AvgIpc) is 2.25. The summed E-state index contributed by atoms with van der Waals surface area (Å²) in [6, 6.07) is 0. The number of hydrogen-bond acceptors (Lipinski definition) is 3. The first-order valence-electron chi connectivity index (χ1n) is 4.28. The van der Waals surface area contributed by atoms with Gasteiger partial charge in [0.25, 0.3) is 0 Å². The minimum absolute atomic E-state index is 0.0490. The molecule has 16 heavy (non-hydrogen) atoms. The minimum Gasteiger partial charge on any atom is -0.494 e. The third-order valence-electron chi connectivity index (χ3n) is 2.13. The van der Waals surface area contributed by atoms with Gasteiger partial charge in [0.1, 0.15) is 5.56 Å².